The number of hydrogen-bond donors (Lipinski definition) is 7. The lowest BCUT2D eigenvalue weighted by Crippen LogP contribution is -2.72. The normalized spacial score (nSPS) is 29.7. The third-order valence-electron chi connectivity index (χ3n) is 14.1. The van der Waals surface area contributed by atoms with Crippen LogP contribution < -0.4 is 20.1 Å². The van der Waals surface area contributed by atoms with E-state index in [1.807, 2.05) is 6.07 Å². The first-order valence-corrected chi connectivity index (χ1v) is 22.7. The van der Waals surface area contributed by atoms with Gasteiger partial charge in [0, 0.05) is 46.7 Å². The van der Waals surface area contributed by atoms with Gasteiger partial charge in [-0.1, -0.05) is 48.9 Å². The van der Waals surface area contributed by atoms with Gasteiger partial charge in [-0.05, 0) is 67.0 Å². The monoisotopic (exact) mass is 931 g/mol. The summed E-state index contributed by atoms with van der Waals surface area (Å²) in [5.41, 5.74) is 3.29. The molecule has 9 unspecified atom stereocenters. The van der Waals surface area contributed by atoms with Gasteiger partial charge in [0.15, 0.2) is 40.2 Å². The zero-order valence-corrected chi connectivity index (χ0v) is 36.6. The molecule has 1 saturated carbocycles. The number of aliphatic hydroxyl groups is 6. The van der Waals surface area contributed by atoms with Crippen molar-refractivity contribution in [3.63, 3.8) is 0 Å². The molecule has 3 aromatic rings. The average molecular weight is 932 g/mol. The number of aliphatic imine (C=N–C) groups is 3. The molecule has 5 heterocycles. The number of ketones is 2. The molecule has 68 heavy (non-hydrogen) atoms. The number of rotatable bonds is 8. The van der Waals surface area contributed by atoms with Crippen LogP contribution in [0.15, 0.2) is 63.5 Å². The zero-order valence-electron chi connectivity index (χ0n) is 36.6. The van der Waals surface area contributed by atoms with E-state index in [4.69, 9.17) is 24.7 Å². The van der Waals surface area contributed by atoms with Gasteiger partial charge >= 0.3 is 5.91 Å². The predicted octanol–water partition coefficient (Wildman–Crippen LogP) is 0.951. The lowest BCUT2D eigenvalue weighted by atomic mass is 9.73. The van der Waals surface area contributed by atoms with Gasteiger partial charge in [-0.15, -0.1) is 0 Å². The number of anilines is 1. The average Bonchev–Trinajstić information content (AvgIpc) is 3.99. The van der Waals surface area contributed by atoms with Crippen LogP contribution in [0.4, 0.5) is 5.69 Å². The summed E-state index contributed by atoms with van der Waals surface area (Å²) in [6, 6.07) is 13.0. The first kappa shape index (κ1) is 45.6. The Labute approximate surface area is 388 Å². The van der Waals surface area contributed by atoms with Crippen LogP contribution in [0.2, 0.25) is 0 Å². The molecule has 1 amide bonds. The summed E-state index contributed by atoms with van der Waals surface area (Å²) in [7, 11) is 0. The molecule has 3 bridgehead atoms. The number of ether oxygens (including phenoxy) is 4. The molecule has 7 aliphatic rings. The molecule has 354 valence electrons. The molecule has 5 aliphatic heterocycles. The fourth-order valence-corrected chi connectivity index (χ4v) is 10.8. The van der Waals surface area contributed by atoms with Gasteiger partial charge in [-0.2, -0.15) is 9.98 Å². The molecule has 10 rings (SSSR count). The van der Waals surface area contributed by atoms with Gasteiger partial charge in [0.05, 0.1) is 36.6 Å². The van der Waals surface area contributed by atoms with Gasteiger partial charge in [0.25, 0.3) is 0 Å². The minimum absolute atomic E-state index is 0.0165. The second kappa shape index (κ2) is 17.7. The molecule has 0 radical (unpaired) electrons. The highest BCUT2D eigenvalue weighted by molar-refractivity contribution is 6.72. The molecule has 9 atom stereocenters. The topological polar surface area (TPSA) is 293 Å². The van der Waals surface area contributed by atoms with Crippen molar-refractivity contribution in [3.8, 4) is 23.3 Å². The van der Waals surface area contributed by atoms with Crippen LogP contribution in [-0.4, -0.2) is 140 Å². The number of carbonyl (C=O) groups is 4. The van der Waals surface area contributed by atoms with Gasteiger partial charge < -0.3 is 65.0 Å². The van der Waals surface area contributed by atoms with Crippen LogP contribution in [0.1, 0.15) is 106 Å². The summed E-state index contributed by atoms with van der Waals surface area (Å²) in [4.78, 5) is 69.0. The number of nitrogens with two attached hydrogens (primary N) is 1. The molecular weight excluding hydrogens is 883 g/mol. The highest BCUT2D eigenvalue weighted by Crippen LogP contribution is 2.54. The van der Waals surface area contributed by atoms with Crippen molar-refractivity contribution in [2.45, 2.75) is 112 Å². The maximum absolute atomic E-state index is 15.0. The van der Waals surface area contributed by atoms with Crippen LogP contribution in [0, 0.1) is 17.8 Å². The SMILES string of the molecule is NC1=NC(=O)C2=NCN(c3ccccc3C3c4cc5c(c(OCC(O)CC=O)c4OC4OC6C7(CCCC7)OCC3CCC(O)CC#CC6(O)C(O)C4O)C(=O)c3cc(CO)ccc3C5=O)C2=N1. The molecule has 2 fully saturated rings. The van der Waals surface area contributed by atoms with Crippen molar-refractivity contribution in [3.05, 3.63) is 87.5 Å². The van der Waals surface area contributed by atoms with E-state index in [1.165, 1.54) is 24.3 Å². The maximum Gasteiger partial charge on any atom is 0.302 e. The van der Waals surface area contributed by atoms with Crippen LogP contribution in [0.5, 0.6) is 11.5 Å². The molecule has 1 spiro atoms. The Kier molecular flexibility index (Phi) is 11.9. The summed E-state index contributed by atoms with van der Waals surface area (Å²) >= 11 is 0. The Morgan fingerprint density at radius 2 is 1.78 bits per heavy atom. The Balaban J connectivity index is 1.28. The van der Waals surface area contributed by atoms with Crippen molar-refractivity contribution < 1.29 is 68.8 Å². The molecule has 0 aromatic heterocycles. The number of nitrogens with zero attached hydrogens (tertiary/aromatic N) is 4. The van der Waals surface area contributed by atoms with Gasteiger partial charge in [-0.25, -0.2) is 0 Å². The van der Waals surface area contributed by atoms with Crippen molar-refractivity contribution >= 4 is 47.0 Å². The molecule has 8 N–H and O–H groups in total. The number of amides is 1. The van der Waals surface area contributed by atoms with Crippen LogP contribution in [-0.2, 0) is 25.7 Å². The third kappa shape index (κ3) is 7.52. The van der Waals surface area contributed by atoms with Crippen LogP contribution in [0.3, 0.4) is 0 Å². The minimum Gasteiger partial charge on any atom is -0.486 e. The number of fused-ring (bicyclic) bond motifs is 7. The first-order chi connectivity index (χ1) is 32.8. The second-order valence-corrected chi connectivity index (χ2v) is 18.3. The molecule has 3 aromatic carbocycles. The highest BCUT2D eigenvalue weighted by atomic mass is 16.7. The van der Waals surface area contributed by atoms with E-state index in [0.29, 0.717) is 48.8 Å². The number of carbonyl (C=O) groups excluding carboxylic acids is 4. The summed E-state index contributed by atoms with van der Waals surface area (Å²) in [5, 5.41) is 69.2. The molecular formula is C49H49N5O14. The van der Waals surface area contributed by atoms with Gasteiger partial charge in [0.1, 0.15) is 37.9 Å². The summed E-state index contributed by atoms with van der Waals surface area (Å²) < 4.78 is 27.0. The van der Waals surface area contributed by atoms with Crippen LogP contribution >= 0.6 is 0 Å². The minimum atomic E-state index is -2.46. The van der Waals surface area contributed by atoms with E-state index in [0.717, 1.165) is 0 Å². The van der Waals surface area contributed by atoms with E-state index in [-0.39, 0.29) is 95.8 Å². The maximum atomic E-state index is 15.0. The van der Waals surface area contributed by atoms with E-state index in [9.17, 15) is 49.8 Å². The summed E-state index contributed by atoms with van der Waals surface area (Å²) in [6.45, 7) is -1.22. The Bertz CT molecular complexity index is 2770. The first-order valence-electron chi connectivity index (χ1n) is 22.7. The summed E-state index contributed by atoms with van der Waals surface area (Å²) in [5.74, 6) is 1.13. The Hall–Kier alpha value is -6.21. The van der Waals surface area contributed by atoms with E-state index in [1.54, 1.807) is 23.1 Å². The fraction of sp³-hybridized carbons (Fsp3) is 0.449. The smallest absolute Gasteiger partial charge is 0.302 e. The lowest BCUT2D eigenvalue weighted by molar-refractivity contribution is -0.329. The van der Waals surface area contributed by atoms with Crippen molar-refractivity contribution in [2.24, 2.45) is 26.6 Å². The largest absolute Gasteiger partial charge is 0.486 e. The lowest BCUT2D eigenvalue weighted by Gasteiger charge is -2.51. The number of guanidine groups is 1. The highest BCUT2D eigenvalue weighted by Gasteiger charge is 2.64. The van der Waals surface area contributed by atoms with E-state index < -0.39 is 90.5 Å². The van der Waals surface area contributed by atoms with E-state index >= 15 is 0 Å². The van der Waals surface area contributed by atoms with Crippen molar-refractivity contribution in [2.75, 3.05) is 24.8 Å². The van der Waals surface area contributed by atoms with Crippen molar-refractivity contribution in [1.82, 2.24) is 0 Å². The number of amidine groups is 1. The predicted molar refractivity (Wildman–Crippen MR) is 240 cm³/mol. The molecule has 1 saturated heterocycles. The number of hydrogen-bond acceptors (Lipinski definition) is 18. The number of aldehydes is 1. The van der Waals surface area contributed by atoms with Gasteiger partial charge in [0.2, 0.25) is 12.2 Å². The third-order valence-corrected chi connectivity index (χ3v) is 14.1. The number of benzene rings is 3. The Morgan fingerprint density at radius 1 is 0.985 bits per heavy atom. The summed E-state index contributed by atoms with van der Waals surface area (Å²) in [6.07, 6.45) is -7.55. The standard InChI is InChI=1S/C49H49N5O14/c50-47-52-43-36(44(63)53-47)51-23-54(43)33-8-2-1-7-29(33)34-25-10-11-26(57)6-5-16-49(64)42(62)39(61)45(68-46(49)48(66-21-25)14-3-4-15-48)67-40-32(34)19-31-35(41(40)65-22-27(58)13-17-55)38(60)30-18-24(20-56)9-12-28(30)37(31)59/h1-2,7-9,12,17-19,25-27,34,39,42,45-46,56-58,61-62,64H,3-4,6,10-11,13-15,20-23H2,(H2,50,53,63). The van der Waals surface area contributed by atoms with Crippen LogP contribution in [0.25, 0.3) is 0 Å². The number of para-hydroxylation sites is 1. The van der Waals surface area contributed by atoms with Gasteiger partial charge in [-0.3, -0.25) is 19.4 Å². The quantitative estimate of drug-likeness (QED) is 0.0956. The van der Waals surface area contributed by atoms with E-state index in [2.05, 4.69) is 26.8 Å². The molecule has 2 aliphatic carbocycles. The zero-order chi connectivity index (χ0) is 47.6. The Morgan fingerprint density at radius 3 is 2.56 bits per heavy atom. The molecule has 19 heteroatoms. The molecule has 19 nitrogen and oxygen atoms in total. The second-order valence-electron chi connectivity index (χ2n) is 18.3. The number of aliphatic hydroxyl groups excluding tert-OH is 5. The van der Waals surface area contributed by atoms with Crippen molar-refractivity contribution in [1.29, 1.82) is 0 Å². The fourth-order valence-electron chi connectivity index (χ4n) is 10.8.